The molecule has 6 nitrogen and oxygen atoms in total. The summed E-state index contributed by atoms with van der Waals surface area (Å²) in [7, 11) is 3.21. The summed E-state index contributed by atoms with van der Waals surface area (Å²) in [4.78, 5) is 12.0. The Bertz CT molecular complexity index is 655. The Morgan fingerprint density at radius 1 is 1.53 bits per heavy atom. The van der Waals surface area contributed by atoms with Crippen molar-refractivity contribution in [2.45, 2.75) is 0 Å². The number of carbonyl (C=O) groups is 1. The van der Waals surface area contributed by atoms with E-state index in [1.807, 2.05) is 6.07 Å². The molecule has 0 fully saturated rings. The first-order chi connectivity index (χ1) is 9.13. The van der Waals surface area contributed by atoms with Crippen LogP contribution in [0.2, 0.25) is 0 Å². The predicted molar refractivity (Wildman–Crippen MR) is 68.9 cm³/mol. The molecule has 2 aromatic rings. The van der Waals surface area contributed by atoms with Crippen molar-refractivity contribution in [2.75, 3.05) is 12.4 Å². The number of aromatic nitrogens is 2. The van der Waals surface area contributed by atoms with Gasteiger partial charge in [-0.3, -0.25) is 9.48 Å². The Kier molecular flexibility index (Phi) is 3.48. The zero-order valence-electron chi connectivity index (χ0n) is 10.5. The maximum atomic E-state index is 12.0. The molecule has 0 aliphatic heterocycles. The highest BCUT2D eigenvalue weighted by Crippen LogP contribution is 2.16. The lowest BCUT2D eigenvalue weighted by atomic mass is 10.2. The average Bonchev–Trinajstić information content (AvgIpc) is 2.78. The van der Waals surface area contributed by atoms with Gasteiger partial charge in [-0.25, -0.2) is 0 Å². The van der Waals surface area contributed by atoms with E-state index in [1.54, 1.807) is 37.5 Å². The van der Waals surface area contributed by atoms with Crippen LogP contribution in [0, 0.1) is 11.3 Å². The molecule has 0 aliphatic rings. The van der Waals surface area contributed by atoms with Crippen molar-refractivity contribution in [1.29, 1.82) is 5.26 Å². The molecule has 0 aliphatic carbocycles. The van der Waals surface area contributed by atoms with Gasteiger partial charge in [-0.05, 0) is 18.2 Å². The zero-order valence-corrected chi connectivity index (χ0v) is 10.5. The summed E-state index contributed by atoms with van der Waals surface area (Å²) in [6.45, 7) is 0. The second-order valence-electron chi connectivity index (χ2n) is 3.86. The number of benzene rings is 1. The molecule has 1 amide bonds. The predicted octanol–water partition coefficient (Wildman–Crippen LogP) is 1.55. The SMILES string of the molecule is COc1cccc(C(=O)Nc2nn(C)cc2C#N)c1. The second kappa shape index (κ2) is 5.23. The number of rotatable bonds is 3. The highest BCUT2D eigenvalue weighted by Gasteiger charge is 2.12. The van der Waals surface area contributed by atoms with Crippen LogP contribution in [0.1, 0.15) is 15.9 Å². The van der Waals surface area contributed by atoms with E-state index in [2.05, 4.69) is 10.4 Å². The van der Waals surface area contributed by atoms with E-state index < -0.39 is 0 Å². The van der Waals surface area contributed by atoms with E-state index in [0.29, 0.717) is 16.9 Å². The first-order valence-electron chi connectivity index (χ1n) is 5.53. The number of hydrogen-bond donors (Lipinski definition) is 1. The van der Waals surface area contributed by atoms with Crippen LogP contribution in [0.5, 0.6) is 5.75 Å². The van der Waals surface area contributed by atoms with Gasteiger partial charge in [-0.1, -0.05) is 6.07 Å². The minimum absolute atomic E-state index is 0.248. The third kappa shape index (κ3) is 2.72. The van der Waals surface area contributed by atoms with Crippen LogP contribution in [-0.2, 0) is 7.05 Å². The Morgan fingerprint density at radius 3 is 3.00 bits per heavy atom. The van der Waals surface area contributed by atoms with Crippen LogP contribution < -0.4 is 10.1 Å². The molecule has 0 radical (unpaired) electrons. The number of methoxy groups -OCH3 is 1. The van der Waals surface area contributed by atoms with Crippen molar-refractivity contribution in [1.82, 2.24) is 9.78 Å². The largest absolute Gasteiger partial charge is 0.497 e. The van der Waals surface area contributed by atoms with Crippen molar-refractivity contribution in [3.8, 4) is 11.8 Å². The van der Waals surface area contributed by atoms with E-state index in [4.69, 9.17) is 10.00 Å². The summed E-state index contributed by atoms with van der Waals surface area (Å²) in [5, 5.41) is 15.5. The average molecular weight is 256 g/mol. The quantitative estimate of drug-likeness (QED) is 0.903. The minimum atomic E-state index is -0.339. The van der Waals surface area contributed by atoms with Crippen LogP contribution in [0.25, 0.3) is 0 Å². The van der Waals surface area contributed by atoms with Gasteiger partial charge in [0, 0.05) is 18.8 Å². The van der Waals surface area contributed by atoms with Gasteiger partial charge in [-0.2, -0.15) is 10.4 Å². The maximum absolute atomic E-state index is 12.0. The lowest BCUT2D eigenvalue weighted by molar-refractivity contribution is 0.102. The van der Waals surface area contributed by atoms with Crippen molar-refractivity contribution in [2.24, 2.45) is 7.05 Å². The standard InChI is InChI=1S/C13H12N4O2/c1-17-8-10(7-14)12(16-17)15-13(18)9-4-3-5-11(6-9)19-2/h3-6,8H,1-2H3,(H,15,16,18). The smallest absolute Gasteiger partial charge is 0.257 e. The summed E-state index contributed by atoms with van der Waals surface area (Å²) >= 11 is 0. The first-order valence-corrected chi connectivity index (χ1v) is 5.53. The number of nitriles is 1. The van der Waals surface area contributed by atoms with Crippen molar-refractivity contribution >= 4 is 11.7 Å². The number of ether oxygens (including phenoxy) is 1. The van der Waals surface area contributed by atoms with E-state index in [1.165, 1.54) is 11.8 Å². The van der Waals surface area contributed by atoms with Gasteiger partial charge in [0.1, 0.15) is 17.4 Å². The third-order valence-electron chi connectivity index (χ3n) is 2.51. The van der Waals surface area contributed by atoms with E-state index in [0.717, 1.165) is 0 Å². The fraction of sp³-hybridized carbons (Fsp3) is 0.154. The zero-order chi connectivity index (χ0) is 13.8. The lowest BCUT2D eigenvalue weighted by Crippen LogP contribution is -2.13. The van der Waals surface area contributed by atoms with Crippen molar-refractivity contribution in [3.63, 3.8) is 0 Å². The lowest BCUT2D eigenvalue weighted by Gasteiger charge is -2.04. The number of carbonyl (C=O) groups excluding carboxylic acids is 1. The summed E-state index contributed by atoms with van der Waals surface area (Å²) in [5.41, 5.74) is 0.757. The van der Waals surface area contributed by atoms with E-state index in [-0.39, 0.29) is 11.7 Å². The molecule has 1 aromatic carbocycles. The molecular formula is C13H12N4O2. The molecule has 19 heavy (non-hydrogen) atoms. The fourth-order valence-corrected chi connectivity index (χ4v) is 1.61. The highest BCUT2D eigenvalue weighted by molar-refractivity contribution is 6.04. The number of anilines is 1. The van der Waals surface area contributed by atoms with E-state index >= 15 is 0 Å². The van der Waals surface area contributed by atoms with Gasteiger partial charge in [0.05, 0.1) is 7.11 Å². The Balaban J connectivity index is 2.23. The molecule has 0 saturated carbocycles. The summed E-state index contributed by atoms with van der Waals surface area (Å²) < 4.78 is 6.52. The van der Waals surface area contributed by atoms with Crippen molar-refractivity contribution < 1.29 is 9.53 Å². The molecule has 1 N–H and O–H groups in total. The summed E-state index contributed by atoms with van der Waals surface area (Å²) in [6.07, 6.45) is 1.54. The van der Waals surface area contributed by atoms with Crippen LogP contribution in [0.3, 0.4) is 0 Å². The monoisotopic (exact) mass is 256 g/mol. The number of nitrogens with one attached hydrogen (secondary N) is 1. The van der Waals surface area contributed by atoms with Crippen LogP contribution in [-0.4, -0.2) is 22.8 Å². The molecule has 0 spiro atoms. The van der Waals surface area contributed by atoms with Gasteiger partial charge in [-0.15, -0.1) is 0 Å². The van der Waals surface area contributed by atoms with Gasteiger partial charge in [0.2, 0.25) is 0 Å². The topological polar surface area (TPSA) is 79.9 Å². The van der Waals surface area contributed by atoms with Gasteiger partial charge < -0.3 is 10.1 Å². The van der Waals surface area contributed by atoms with Crippen molar-refractivity contribution in [3.05, 3.63) is 41.6 Å². The molecule has 6 heteroatoms. The Labute approximate surface area is 110 Å². The van der Waals surface area contributed by atoms with Gasteiger partial charge in [0.25, 0.3) is 5.91 Å². The van der Waals surface area contributed by atoms with E-state index in [9.17, 15) is 4.79 Å². The number of nitrogens with zero attached hydrogens (tertiary/aromatic N) is 3. The van der Waals surface area contributed by atoms with Crippen LogP contribution >= 0.6 is 0 Å². The van der Waals surface area contributed by atoms with Gasteiger partial charge >= 0.3 is 0 Å². The molecule has 0 unspecified atom stereocenters. The summed E-state index contributed by atoms with van der Waals surface area (Å²) in [6, 6.07) is 8.72. The molecule has 0 saturated heterocycles. The fourth-order valence-electron chi connectivity index (χ4n) is 1.61. The van der Waals surface area contributed by atoms with Crippen LogP contribution in [0.4, 0.5) is 5.82 Å². The first kappa shape index (κ1) is 12.6. The molecular weight excluding hydrogens is 244 g/mol. The maximum Gasteiger partial charge on any atom is 0.257 e. The molecule has 0 atom stereocenters. The number of hydrogen-bond acceptors (Lipinski definition) is 4. The number of amides is 1. The third-order valence-corrected chi connectivity index (χ3v) is 2.51. The number of aryl methyl sites for hydroxylation is 1. The Morgan fingerprint density at radius 2 is 2.32 bits per heavy atom. The molecule has 0 bridgehead atoms. The molecule has 1 heterocycles. The highest BCUT2D eigenvalue weighted by atomic mass is 16.5. The van der Waals surface area contributed by atoms with Crippen LogP contribution in [0.15, 0.2) is 30.5 Å². The minimum Gasteiger partial charge on any atom is -0.497 e. The molecule has 2 rings (SSSR count). The second-order valence-corrected chi connectivity index (χ2v) is 3.86. The Hall–Kier alpha value is -2.81. The molecule has 1 aromatic heterocycles. The van der Waals surface area contributed by atoms with Gasteiger partial charge in [0.15, 0.2) is 5.82 Å². The molecule has 96 valence electrons. The summed E-state index contributed by atoms with van der Waals surface area (Å²) in [5.74, 6) is 0.501. The normalized spacial score (nSPS) is 9.74.